The number of rotatable bonds is 5. The van der Waals surface area contributed by atoms with Gasteiger partial charge in [0.15, 0.2) is 0 Å². The molecular formula is C26H28N4O4. The number of nitrogens with one attached hydrogen (secondary N) is 2. The van der Waals surface area contributed by atoms with Crippen molar-refractivity contribution in [2.75, 3.05) is 33.1 Å². The molecule has 0 fully saturated rings. The van der Waals surface area contributed by atoms with Crippen LogP contribution in [-0.4, -0.2) is 54.7 Å². The largest absolute Gasteiger partial charge is 0.496 e. The summed E-state index contributed by atoms with van der Waals surface area (Å²) in [7, 11) is 5.00. The lowest BCUT2D eigenvalue weighted by atomic mass is 10.1. The summed E-state index contributed by atoms with van der Waals surface area (Å²) < 4.78 is 10.1. The van der Waals surface area contributed by atoms with Gasteiger partial charge in [-0.25, -0.2) is 9.78 Å². The number of nitrogens with zero attached hydrogens (tertiary/aromatic N) is 2. The molecule has 2 N–H and O–H groups in total. The summed E-state index contributed by atoms with van der Waals surface area (Å²) in [4.78, 5) is 32.0. The highest BCUT2D eigenvalue weighted by Gasteiger charge is 2.14. The molecule has 0 aliphatic rings. The van der Waals surface area contributed by atoms with E-state index in [1.165, 1.54) is 4.90 Å². The van der Waals surface area contributed by atoms with Crippen molar-refractivity contribution in [1.29, 1.82) is 0 Å². The van der Waals surface area contributed by atoms with Crippen molar-refractivity contribution < 1.29 is 19.1 Å². The topological polar surface area (TPSA) is 96.5 Å². The van der Waals surface area contributed by atoms with Gasteiger partial charge in [-0.3, -0.25) is 10.1 Å². The van der Waals surface area contributed by atoms with Gasteiger partial charge in [0.1, 0.15) is 11.4 Å². The number of carbonyl (C=O) groups is 2. The van der Waals surface area contributed by atoms with Gasteiger partial charge in [0.05, 0.1) is 25.0 Å². The van der Waals surface area contributed by atoms with Gasteiger partial charge in [0.25, 0.3) is 5.91 Å². The molecule has 0 bridgehead atoms. The summed E-state index contributed by atoms with van der Waals surface area (Å²) >= 11 is 0. The average Bonchev–Trinajstić information content (AvgIpc) is 3.28. The van der Waals surface area contributed by atoms with Gasteiger partial charge in [0, 0.05) is 43.0 Å². The van der Waals surface area contributed by atoms with Crippen molar-refractivity contribution in [2.45, 2.75) is 6.92 Å². The SMILES string of the molecule is CCOC(=O)Nc1ccccc1C(=O)N(C)C.COc1ccccc1-c1c[nH]c2ncccc12. The molecule has 4 aromatic rings. The number of hydrogen-bond donors (Lipinski definition) is 2. The highest BCUT2D eigenvalue weighted by Crippen LogP contribution is 2.34. The molecule has 2 aromatic heterocycles. The second-order valence-electron chi connectivity index (χ2n) is 7.39. The van der Waals surface area contributed by atoms with Gasteiger partial charge in [-0.2, -0.15) is 0 Å². The van der Waals surface area contributed by atoms with E-state index in [1.54, 1.807) is 58.6 Å². The Kier molecular flexibility index (Phi) is 8.23. The maximum Gasteiger partial charge on any atom is 0.411 e. The number of methoxy groups -OCH3 is 1. The van der Waals surface area contributed by atoms with Crippen LogP contribution in [0.25, 0.3) is 22.2 Å². The van der Waals surface area contributed by atoms with Crippen LogP contribution in [0.4, 0.5) is 10.5 Å². The first-order valence-corrected chi connectivity index (χ1v) is 10.8. The van der Waals surface area contributed by atoms with Crippen LogP contribution in [0.15, 0.2) is 73.1 Å². The van der Waals surface area contributed by atoms with Crippen LogP contribution in [0.1, 0.15) is 17.3 Å². The minimum absolute atomic E-state index is 0.169. The number of benzene rings is 2. The first-order chi connectivity index (χ1) is 16.5. The average molecular weight is 461 g/mol. The number of carbonyl (C=O) groups excluding carboxylic acids is 2. The standard InChI is InChI=1S/C14H12N2O.C12H16N2O3/c1-17-13-7-3-2-5-10(13)12-9-16-14-11(12)6-4-8-15-14;1-4-17-12(16)13-10-8-6-5-7-9(10)11(15)14(2)3/h2-9H,1H3,(H,15,16);5-8H,4H2,1-3H3,(H,13,16). The molecule has 0 saturated carbocycles. The number of aromatic nitrogens is 2. The van der Waals surface area contributed by atoms with Crippen molar-refractivity contribution in [3.05, 3.63) is 78.6 Å². The number of H-pyrrole nitrogens is 1. The summed E-state index contributed by atoms with van der Waals surface area (Å²) in [5.41, 5.74) is 3.98. The van der Waals surface area contributed by atoms with Crippen LogP contribution in [-0.2, 0) is 4.74 Å². The monoisotopic (exact) mass is 460 g/mol. The van der Waals surface area contributed by atoms with E-state index in [4.69, 9.17) is 9.47 Å². The fraction of sp³-hybridized carbons (Fsp3) is 0.192. The van der Waals surface area contributed by atoms with E-state index < -0.39 is 6.09 Å². The van der Waals surface area contributed by atoms with E-state index in [9.17, 15) is 9.59 Å². The van der Waals surface area contributed by atoms with Crippen molar-refractivity contribution >= 4 is 28.7 Å². The maximum atomic E-state index is 11.8. The van der Waals surface area contributed by atoms with Crippen molar-refractivity contribution in [3.63, 3.8) is 0 Å². The van der Waals surface area contributed by atoms with Gasteiger partial charge in [-0.1, -0.05) is 30.3 Å². The predicted octanol–water partition coefficient (Wildman–Crippen LogP) is 5.20. The molecule has 2 heterocycles. The lowest BCUT2D eigenvalue weighted by Gasteiger charge is -2.14. The van der Waals surface area contributed by atoms with Crippen molar-refractivity contribution in [3.8, 4) is 16.9 Å². The molecule has 4 rings (SSSR count). The normalized spacial score (nSPS) is 10.1. The molecule has 0 aliphatic carbocycles. The molecule has 0 saturated heterocycles. The number of hydrogen-bond acceptors (Lipinski definition) is 5. The first kappa shape index (κ1) is 24.3. The lowest BCUT2D eigenvalue weighted by molar-refractivity contribution is 0.0828. The highest BCUT2D eigenvalue weighted by molar-refractivity contribution is 6.02. The Morgan fingerprint density at radius 3 is 2.47 bits per heavy atom. The van der Waals surface area contributed by atoms with Gasteiger partial charge in [0.2, 0.25) is 0 Å². The van der Waals surface area contributed by atoms with E-state index in [-0.39, 0.29) is 12.5 Å². The molecule has 2 aromatic carbocycles. The Morgan fingerprint density at radius 2 is 1.74 bits per heavy atom. The van der Waals surface area contributed by atoms with Gasteiger partial charge in [-0.15, -0.1) is 0 Å². The molecule has 8 heteroatoms. The second kappa shape index (κ2) is 11.5. The second-order valence-corrected chi connectivity index (χ2v) is 7.39. The van der Waals surface area contributed by atoms with Gasteiger partial charge in [-0.05, 0) is 37.3 Å². The molecule has 0 atom stereocenters. The zero-order chi connectivity index (χ0) is 24.5. The fourth-order valence-electron chi connectivity index (χ4n) is 3.34. The number of anilines is 1. The van der Waals surface area contributed by atoms with Crippen molar-refractivity contribution in [1.82, 2.24) is 14.9 Å². The van der Waals surface area contributed by atoms with E-state index in [0.29, 0.717) is 11.3 Å². The molecule has 8 nitrogen and oxygen atoms in total. The molecule has 176 valence electrons. The van der Waals surface area contributed by atoms with E-state index in [1.807, 2.05) is 30.5 Å². The molecule has 34 heavy (non-hydrogen) atoms. The summed E-state index contributed by atoms with van der Waals surface area (Å²) in [6, 6.07) is 18.8. The van der Waals surface area contributed by atoms with E-state index in [2.05, 4.69) is 27.4 Å². The summed E-state index contributed by atoms with van der Waals surface area (Å²) in [6.07, 6.45) is 3.19. The third-order valence-corrected chi connectivity index (χ3v) is 4.92. The molecule has 0 radical (unpaired) electrons. The van der Waals surface area contributed by atoms with E-state index in [0.717, 1.165) is 27.9 Å². The van der Waals surface area contributed by atoms with Gasteiger partial charge < -0.3 is 19.4 Å². The Labute approximate surface area is 198 Å². The molecule has 2 amide bonds. The Balaban J connectivity index is 0.000000191. The summed E-state index contributed by atoms with van der Waals surface area (Å²) in [5, 5.41) is 3.65. The van der Waals surface area contributed by atoms with Crippen molar-refractivity contribution in [2.24, 2.45) is 0 Å². The minimum atomic E-state index is -0.563. The first-order valence-electron chi connectivity index (χ1n) is 10.8. The van der Waals surface area contributed by atoms with Crippen LogP contribution in [0.5, 0.6) is 5.75 Å². The Bertz CT molecular complexity index is 1270. The van der Waals surface area contributed by atoms with Gasteiger partial charge >= 0.3 is 6.09 Å². The smallest absolute Gasteiger partial charge is 0.411 e. The number of para-hydroxylation sites is 2. The summed E-state index contributed by atoms with van der Waals surface area (Å²) in [5.74, 6) is 0.703. The fourth-order valence-corrected chi connectivity index (χ4v) is 3.34. The Morgan fingerprint density at radius 1 is 1.00 bits per heavy atom. The zero-order valence-corrected chi connectivity index (χ0v) is 19.7. The predicted molar refractivity (Wildman–Crippen MR) is 133 cm³/mol. The third-order valence-electron chi connectivity index (χ3n) is 4.92. The number of amides is 2. The maximum absolute atomic E-state index is 11.8. The number of pyridine rings is 1. The number of aromatic amines is 1. The van der Waals surface area contributed by atoms with Crippen LogP contribution in [0, 0.1) is 0 Å². The van der Waals surface area contributed by atoms with Crippen LogP contribution < -0.4 is 10.1 Å². The summed E-state index contributed by atoms with van der Waals surface area (Å²) in [6.45, 7) is 2.01. The molecule has 0 unspecified atom stereocenters. The highest BCUT2D eigenvalue weighted by atomic mass is 16.5. The molecule has 0 spiro atoms. The Hall–Kier alpha value is -4.33. The van der Waals surface area contributed by atoms with E-state index >= 15 is 0 Å². The molecular weight excluding hydrogens is 432 g/mol. The lowest BCUT2D eigenvalue weighted by Crippen LogP contribution is -2.24. The quantitative estimate of drug-likeness (QED) is 0.427. The number of fused-ring (bicyclic) bond motifs is 1. The minimum Gasteiger partial charge on any atom is -0.496 e. The van der Waals surface area contributed by atoms with Crippen LogP contribution >= 0.6 is 0 Å². The number of ether oxygens (including phenoxy) is 2. The third kappa shape index (κ3) is 5.72. The zero-order valence-electron chi connectivity index (χ0n) is 19.7. The van der Waals surface area contributed by atoms with Crippen LogP contribution in [0.3, 0.4) is 0 Å². The van der Waals surface area contributed by atoms with Crippen LogP contribution in [0.2, 0.25) is 0 Å². The molecule has 0 aliphatic heterocycles.